The van der Waals surface area contributed by atoms with E-state index in [2.05, 4.69) is 9.35 Å². The maximum atomic E-state index is 13.1. The highest BCUT2D eigenvalue weighted by Gasteiger charge is 2.27. The van der Waals surface area contributed by atoms with Crippen molar-refractivity contribution in [3.63, 3.8) is 0 Å². The van der Waals surface area contributed by atoms with Crippen LogP contribution in [0.3, 0.4) is 0 Å². The summed E-state index contributed by atoms with van der Waals surface area (Å²) in [4.78, 5) is 16.9. The topological polar surface area (TPSA) is 135 Å². The van der Waals surface area contributed by atoms with Crippen molar-refractivity contribution in [3.8, 4) is 0 Å². The maximum Gasteiger partial charge on any atom is 0.259 e. The second kappa shape index (κ2) is 9.85. The molecule has 0 aliphatic carbocycles. The third-order valence-corrected chi connectivity index (χ3v) is 8.08. The molecule has 0 bridgehead atoms. The van der Waals surface area contributed by atoms with Gasteiger partial charge in [0.05, 0.1) is 25.3 Å². The molecule has 0 aliphatic heterocycles. The van der Waals surface area contributed by atoms with Crippen molar-refractivity contribution in [1.29, 1.82) is 0 Å². The first-order chi connectivity index (χ1) is 14.3. The number of nitrogens with two attached hydrogens (primary N) is 1. The first-order valence-corrected chi connectivity index (χ1v) is 12.2. The number of hydrogen-bond donors (Lipinski definition) is 3. The van der Waals surface area contributed by atoms with Gasteiger partial charge in [0.25, 0.3) is 5.91 Å². The van der Waals surface area contributed by atoms with Crippen LogP contribution in [0.5, 0.6) is 0 Å². The zero-order valence-corrected chi connectivity index (χ0v) is 20.4. The Morgan fingerprint density at radius 2 is 2.03 bits per heavy atom. The van der Waals surface area contributed by atoms with Gasteiger partial charge in [-0.2, -0.15) is 0 Å². The summed E-state index contributed by atoms with van der Waals surface area (Å²) >= 11 is 0.883. The summed E-state index contributed by atoms with van der Waals surface area (Å²) in [6.45, 7) is 8.95. The van der Waals surface area contributed by atoms with E-state index in [1.165, 1.54) is 13.8 Å². The summed E-state index contributed by atoms with van der Waals surface area (Å²) in [6, 6.07) is 3.96. The highest BCUT2D eigenvalue weighted by atomic mass is 32.2. The Kier molecular flexibility index (Phi) is 8.12. The number of carbonyl (C=O) groups excluding carboxylic acids is 1. The van der Waals surface area contributed by atoms with Gasteiger partial charge in [0.1, 0.15) is 14.8 Å². The van der Waals surface area contributed by atoms with Crippen molar-refractivity contribution in [2.24, 2.45) is 9.50 Å². The number of hydrogen-bond acceptors (Lipinski definition) is 7. The van der Waals surface area contributed by atoms with Crippen molar-refractivity contribution in [2.45, 2.75) is 70.0 Å². The minimum atomic E-state index is -3.63. The fourth-order valence-corrected chi connectivity index (χ4v) is 5.77. The molecule has 0 saturated carbocycles. The van der Waals surface area contributed by atoms with Gasteiger partial charge >= 0.3 is 0 Å². The number of thiazole rings is 1. The number of rotatable bonds is 8. The van der Waals surface area contributed by atoms with Crippen LogP contribution in [0.1, 0.15) is 66.6 Å². The number of benzene rings is 1. The molecule has 1 aromatic carbocycles. The van der Waals surface area contributed by atoms with Gasteiger partial charge in [0.15, 0.2) is 9.92 Å². The number of methoxy groups -OCH3 is 1. The second-order valence-electron chi connectivity index (χ2n) is 8.27. The molecule has 4 N–H and O–H groups in total. The Balaban J connectivity index is 2.45. The molecule has 31 heavy (non-hydrogen) atoms. The standard InChI is InChI=1S/C21H31N3O5S2/c1-12(2)15-8-14(11-29-6)7-13(3)16(15)9-18(26)24-31(22,28)19-17(10-25)23-20(30-19)21(4,5)27/h7-8,12,25,27H,9-11H2,1-6H3,(H2,22,24,26,28). The molecular weight excluding hydrogens is 438 g/mol. The number of aliphatic hydroxyl groups excluding tert-OH is 1. The van der Waals surface area contributed by atoms with E-state index in [0.717, 1.165) is 33.6 Å². The van der Waals surface area contributed by atoms with Crippen LogP contribution in [0.15, 0.2) is 20.7 Å². The lowest BCUT2D eigenvalue weighted by Gasteiger charge is -2.17. The van der Waals surface area contributed by atoms with E-state index in [1.807, 2.05) is 32.9 Å². The zero-order chi connectivity index (χ0) is 23.6. The van der Waals surface area contributed by atoms with E-state index < -0.39 is 28.0 Å². The monoisotopic (exact) mass is 469 g/mol. The van der Waals surface area contributed by atoms with Crippen LogP contribution in [0, 0.1) is 6.92 Å². The second-order valence-corrected chi connectivity index (χ2v) is 11.3. The van der Waals surface area contributed by atoms with Gasteiger partial charge in [-0.1, -0.05) is 26.0 Å². The molecule has 1 aromatic heterocycles. The molecule has 1 amide bonds. The Morgan fingerprint density at radius 1 is 1.39 bits per heavy atom. The minimum Gasteiger partial charge on any atom is -0.390 e. The van der Waals surface area contributed by atoms with Crippen LogP contribution in [0.2, 0.25) is 0 Å². The van der Waals surface area contributed by atoms with E-state index in [4.69, 9.17) is 9.88 Å². The van der Waals surface area contributed by atoms with Crippen molar-refractivity contribution in [1.82, 2.24) is 4.98 Å². The SMILES string of the molecule is COCc1cc(C)c(CC(=O)N=S(N)(=O)c2sc(C(C)(C)O)nc2CO)c(C(C)C)c1. The van der Waals surface area contributed by atoms with E-state index in [1.54, 1.807) is 7.11 Å². The molecule has 10 heteroatoms. The van der Waals surface area contributed by atoms with Crippen molar-refractivity contribution in [2.75, 3.05) is 7.11 Å². The molecule has 0 fully saturated rings. The maximum absolute atomic E-state index is 13.1. The van der Waals surface area contributed by atoms with Crippen LogP contribution in [0.25, 0.3) is 0 Å². The highest BCUT2D eigenvalue weighted by molar-refractivity contribution is 7.93. The third-order valence-electron chi connectivity index (χ3n) is 4.67. The quantitative estimate of drug-likeness (QED) is 0.544. The lowest BCUT2D eigenvalue weighted by Crippen LogP contribution is -2.17. The molecule has 2 aromatic rings. The molecule has 0 saturated heterocycles. The summed E-state index contributed by atoms with van der Waals surface area (Å²) in [6.07, 6.45) is -0.0492. The Labute approximate surface area is 187 Å². The van der Waals surface area contributed by atoms with Gasteiger partial charge in [0, 0.05) is 7.11 Å². The summed E-state index contributed by atoms with van der Waals surface area (Å²) in [5, 5.41) is 25.9. The van der Waals surface area contributed by atoms with Gasteiger partial charge < -0.3 is 14.9 Å². The number of ether oxygens (including phenoxy) is 1. The highest BCUT2D eigenvalue weighted by Crippen LogP contribution is 2.31. The van der Waals surface area contributed by atoms with Gasteiger partial charge in [-0.25, -0.2) is 14.3 Å². The molecule has 172 valence electrons. The number of amides is 1. The third kappa shape index (κ3) is 6.18. The van der Waals surface area contributed by atoms with E-state index in [9.17, 15) is 19.2 Å². The predicted octanol–water partition coefficient (Wildman–Crippen LogP) is 2.91. The Morgan fingerprint density at radius 3 is 2.55 bits per heavy atom. The number of carbonyl (C=O) groups is 1. The molecule has 1 heterocycles. The minimum absolute atomic E-state index is 0.00303. The molecule has 2 rings (SSSR count). The van der Waals surface area contributed by atoms with E-state index in [-0.39, 0.29) is 27.2 Å². The van der Waals surface area contributed by atoms with Crippen LogP contribution in [0.4, 0.5) is 0 Å². The molecule has 1 atom stereocenters. The summed E-state index contributed by atoms with van der Waals surface area (Å²) in [5.41, 5.74) is 2.49. The molecular formula is C21H31N3O5S2. The number of aromatic nitrogens is 1. The van der Waals surface area contributed by atoms with Crippen LogP contribution >= 0.6 is 11.3 Å². The van der Waals surface area contributed by atoms with Crippen LogP contribution in [-0.4, -0.2) is 32.4 Å². The number of aliphatic hydroxyl groups is 2. The van der Waals surface area contributed by atoms with Crippen molar-refractivity contribution >= 4 is 27.2 Å². The fourth-order valence-electron chi connectivity index (χ4n) is 3.23. The fraction of sp³-hybridized carbons (Fsp3) is 0.524. The normalized spacial score (nSPS) is 14.0. The lowest BCUT2D eigenvalue weighted by molar-refractivity contribution is -0.117. The van der Waals surface area contributed by atoms with Crippen molar-refractivity contribution in [3.05, 3.63) is 45.1 Å². The largest absolute Gasteiger partial charge is 0.390 e. The summed E-state index contributed by atoms with van der Waals surface area (Å²) in [5.74, 6) is -0.462. The van der Waals surface area contributed by atoms with Crippen LogP contribution in [-0.2, 0) is 44.7 Å². The summed E-state index contributed by atoms with van der Waals surface area (Å²) < 4.78 is 22.1. The number of aryl methyl sites for hydroxylation is 1. The lowest BCUT2D eigenvalue weighted by atomic mass is 9.90. The average Bonchev–Trinajstić information content (AvgIpc) is 3.09. The van der Waals surface area contributed by atoms with Gasteiger partial charge in [-0.05, 0) is 48.9 Å². The molecule has 0 aliphatic rings. The molecule has 8 nitrogen and oxygen atoms in total. The Bertz CT molecular complexity index is 1080. The molecule has 0 spiro atoms. The molecule has 1 unspecified atom stereocenters. The average molecular weight is 470 g/mol. The predicted molar refractivity (Wildman–Crippen MR) is 121 cm³/mol. The van der Waals surface area contributed by atoms with Gasteiger partial charge in [-0.15, -0.1) is 15.7 Å². The van der Waals surface area contributed by atoms with Crippen molar-refractivity contribution < 1.29 is 24.0 Å². The number of nitrogens with zero attached hydrogens (tertiary/aromatic N) is 2. The van der Waals surface area contributed by atoms with E-state index in [0.29, 0.717) is 6.61 Å². The van der Waals surface area contributed by atoms with Crippen LogP contribution < -0.4 is 5.14 Å². The first kappa shape index (κ1) is 25.6. The zero-order valence-electron chi connectivity index (χ0n) is 18.8. The Hall–Kier alpha value is -1.69. The summed E-state index contributed by atoms with van der Waals surface area (Å²) in [7, 11) is -2.01. The van der Waals surface area contributed by atoms with E-state index >= 15 is 0 Å². The molecule has 0 radical (unpaired) electrons. The smallest absolute Gasteiger partial charge is 0.259 e. The first-order valence-electron chi connectivity index (χ1n) is 9.82. The van der Waals surface area contributed by atoms with Gasteiger partial charge in [0.2, 0.25) is 0 Å². The van der Waals surface area contributed by atoms with Gasteiger partial charge in [-0.3, -0.25) is 4.79 Å².